The minimum atomic E-state index is -0.564. The number of hydrogen-bond donors (Lipinski definition) is 2. The number of nitrogens with one attached hydrogen (secondary N) is 1. The molecule has 156 valence electrons. The molecular weight excluding hydrogens is 383 g/mol. The molecule has 7 heteroatoms. The first-order valence-electron chi connectivity index (χ1n) is 10.6. The molecule has 2 fully saturated rings. The van der Waals surface area contributed by atoms with Crippen LogP contribution in [0.25, 0.3) is 11.3 Å². The summed E-state index contributed by atoms with van der Waals surface area (Å²) >= 11 is 0. The summed E-state index contributed by atoms with van der Waals surface area (Å²) in [6.45, 7) is 3.73. The highest BCUT2D eigenvalue weighted by Gasteiger charge is 2.37. The van der Waals surface area contributed by atoms with Crippen molar-refractivity contribution in [1.29, 1.82) is 0 Å². The van der Waals surface area contributed by atoms with Crippen LogP contribution in [0.15, 0.2) is 29.3 Å². The van der Waals surface area contributed by atoms with E-state index in [4.69, 9.17) is 0 Å². The number of pyridine rings is 1. The fourth-order valence-corrected chi connectivity index (χ4v) is 5.07. The van der Waals surface area contributed by atoms with E-state index in [0.29, 0.717) is 36.1 Å². The fraction of sp³-hybridized carbons (Fsp3) is 0.435. The normalized spacial score (nSPS) is 23.0. The number of hydrogen-bond acceptors (Lipinski definition) is 5. The van der Waals surface area contributed by atoms with Gasteiger partial charge in [0.25, 0.3) is 5.91 Å². The van der Waals surface area contributed by atoms with Crippen LogP contribution in [-0.2, 0) is 6.54 Å². The lowest BCUT2D eigenvalue weighted by Crippen LogP contribution is -2.60. The first-order valence-corrected chi connectivity index (χ1v) is 10.6. The van der Waals surface area contributed by atoms with Gasteiger partial charge in [-0.3, -0.25) is 9.79 Å². The average molecular weight is 408 g/mol. The van der Waals surface area contributed by atoms with Gasteiger partial charge in [-0.2, -0.15) is 0 Å². The summed E-state index contributed by atoms with van der Waals surface area (Å²) < 4.78 is 14.5. The lowest BCUT2D eigenvalue weighted by Gasteiger charge is -2.44. The van der Waals surface area contributed by atoms with Gasteiger partial charge in [0.1, 0.15) is 11.6 Å². The number of piperazine rings is 1. The van der Waals surface area contributed by atoms with E-state index in [9.17, 15) is 14.3 Å². The van der Waals surface area contributed by atoms with Crippen molar-refractivity contribution in [1.82, 2.24) is 15.2 Å². The molecule has 2 atom stereocenters. The second kappa shape index (κ2) is 7.47. The topological polar surface area (TPSA) is 77.8 Å². The van der Waals surface area contributed by atoms with Gasteiger partial charge >= 0.3 is 0 Å². The van der Waals surface area contributed by atoms with E-state index in [1.807, 2.05) is 11.8 Å². The van der Waals surface area contributed by atoms with Crippen molar-refractivity contribution in [2.24, 2.45) is 4.99 Å². The third kappa shape index (κ3) is 3.17. The van der Waals surface area contributed by atoms with Gasteiger partial charge in [-0.25, -0.2) is 9.37 Å². The molecule has 30 heavy (non-hydrogen) atoms. The van der Waals surface area contributed by atoms with Gasteiger partial charge in [0.2, 0.25) is 0 Å². The molecule has 6 nitrogen and oxygen atoms in total. The summed E-state index contributed by atoms with van der Waals surface area (Å²) in [5.41, 5.74) is 3.51. The lowest BCUT2D eigenvalue weighted by molar-refractivity contribution is 0.0489. The number of aromatic hydroxyl groups is 1. The lowest BCUT2D eigenvalue weighted by atomic mass is 9.87. The van der Waals surface area contributed by atoms with E-state index < -0.39 is 5.82 Å². The quantitative estimate of drug-likeness (QED) is 0.800. The number of carbonyl (C=O) groups is 1. The van der Waals surface area contributed by atoms with E-state index in [1.54, 1.807) is 6.07 Å². The summed E-state index contributed by atoms with van der Waals surface area (Å²) in [5.74, 6) is -0.730. The summed E-state index contributed by atoms with van der Waals surface area (Å²) in [6, 6.07) is 6.22. The van der Waals surface area contributed by atoms with Crippen molar-refractivity contribution in [2.45, 2.75) is 51.2 Å². The Kier molecular flexibility index (Phi) is 4.77. The smallest absolute Gasteiger partial charge is 0.255 e. The first kappa shape index (κ1) is 19.2. The Balaban J connectivity index is 1.59. The van der Waals surface area contributed by atoms with Crippen LogP contribution in [0.4, 0.5) is 4.39 Å². The molecule has 3 aliphatic rings. The summed E-state index contributed by atoms with van der Waals surface area (Å²) in [6.07, 6.45) is 4.42. The molecule has 3 heterocycles. The minimum absolute atomic E-state index is 0.0241. The Hall–Kier alpha value is -2.80. The number of halogens is 1. The van der Waals surface area contributed by atoms with E-state index >= 15 is 0 Å². The number of phenols is 1. The third-order valence-corrected chi connectivity index (χ3v) is 6.53. The summed E-state index contributed by atoms with van der Waals surface area (Å²) in [5, 5.41) is 13.1. The Morgan fingerprint density at radius 1 is 1.27 bits per heavy atom. The Morgan fingerprint density at radius 3 is 2.93 bits per heavy atom. The predicted molar refractivity (Wildman–Crippen MR) is 112 cm³/mol. The van der Waals surface area contributed by atoms with Crippen molar-refractivity contribution in [3.05, 3.63) is 46.9 Å². The van der Waals surface area contributed by atoms with E-state index in [0.717, 1.165) is 43.1 Å². The highest BCUT2D eigenvalue weighted by molar-refractivity contribution is 6.11. The number of carbonyl (C=O) groups excluding carboxylic acids is 1. The third-order valence-electron chi connectivity index (χ3n) is 6.53. The van der Waals surface area contributed by atoms with E-state index in [1.165, 1.54) is 18.6 Å². The maximum absolute atomic E-state index is 14.5. The van der Waals surface area contributed by atoms with E-state index in [2.05, 4.69) is 15.3 Å². The highest BCUT2D eigenvalue weighted by Crippen LogP contribution is 2.32. The van der Waals surface area contributed by atoms with Crippen molar-refractivity contribution < 1.29 is 14.3 Å². The zero-order chi connectivity index (χ0) is 20.8. The van der Waals surface area contributed by atoms with E-state index in [-0.39, 0.29) is 23.3 Å². The summed E-state index contributed by atoms with van der Waals surface area (Å²) in [4.78, 5) is 24.9. The Morgan fingerprint density at radius 2 is 2.10 bits per heavy atom. The van der Waals surface area contributed by atoms with Gasteiger partial charge in [0.15, 0.2) is 0 Å². The van der Waals surface area contributed by atoms with Crippen LogP contribution in [0.3, 0.4) is 0 Å². The second-order valence-corrected chi connectivity index (χ2v) is 8.35. The van der Waals surface area contributed by atoms with Crippen LogP contribution in [0.2, 0.25) is 0 Å². The number of phenolic OH excluding ortho intramolecular Hbond substituents is 1. The molecule has 1 saturated carbocycles. The van der Waals surface area contributed by atoms with Crippen molar-refractivity contribution >= 4 is 11.6 Å². The molecular formula is C23H25FN4O2. The summed E-state index contributed by atoms with van der Waals surface area (Å²) in [7, 11) is 0. The van der Waals surface area contributed by atoms with Crippen molar-refractivity contribution in [3.8, 4) is 17.0 Å². The van der Waals surface area contributed by atoms with Gasteiger partial charge < -0.3 is 15.3 Å². The standard InChI is InChI=1S/C23H25FN4O2/c1-13-22-16(23(30)28-9-8-25-18-4-2-3-5-21(18)28)11-19(27-20(22)12-26-13)15-7-6-14(29)10-17(15)24/h6-7,10-11,18,21,25,29H,2-5,8-9,12H2,1H3/t18-,21-/m0/s1. The van der Waals surface area contributed by atoms with Crippen LogP contribution in [0.1, 0.15) is 54.2 Å². The molecule has 1 aliphatic carbocycles. The van der Waals surface area contributed by atoms with Crippen LogP contribution >= 0.6 is 0 Å². The molecule has 1 saturated heterocycles. The minimum Gasteiger partial charge on any atom is -0.508 e. The molecule has 2 aliphatic heterocycles. The SMILES string of the molecule is CC1=NCc2nc(-c3ccc(O)cc3F)cc(C(=O)N3CCN[C@H]4CCCC[C@@H]43)c21. The molecule has 0 unspecified atom stereocenters. The number of benzene rings is 1. The Labute approximate surface area is 174 Å². The molecule has 0 spiro atoms. The van der Waals surface area contributed by atoms with Crippen LogP contribution in [0, 0.1) is 5.82 Å². The van der Waals surface area contributed by atoms with Gasteiger partial charge in [0.05, 0.1) is 23.5 Å². The molecule has 1 aromatic carbocycles. The molecule has 0 bridgehead atoms. The van der Waals surface area contributed by atoms with Crippen LogP contribution < -0.4 is 5.32 Å². The number of fused-ring (bicyclic) bond motifs is 2. The number of nitrogens with zero attached hydrogens (tertiary/aromatic N) is 3. The highest BCUT2D eigenvalue weighted by atomic mass is 19.1. The van der Waals surface area contributed by atoms with Crippen molar-refractivity contribution in [2.75, 3.05) is 13.1 Å². The monoisotopic (exact) mass is 408 g/mol. The fourth-order valence-electron chi connectivity index (χ4n) is 5.07. The molecule has 5 rings (SSSR count). The maximum atomic E-state index is 14.5. The predicted octanol–water partition coefficient (Wildman–Crippen LogP) is 3.27. The van der Waals surface area contributed by atoms with Crippen molar-refractivity contribution in [3.63, 3.8) is 0 Å². The molecule has 0 radical (unpaired) electrons. The van der Waals surface area contributed by atoms with Gasteiger partial charge in [-0.1, -0.05) is 12.8 Å². The molecule has 1 aromatic heterocycles. The van der Waals surface area contributed by atoms with Gasteiger partial charge in [-0.15, -0.1) is 0 Å². The number of rotatable bonds is 2. The average Bonchev–Trinajstić information content (AvgIpc) is 3.13. The largest absolute Gasteiger partial charge is 0.508 e. The number of aromatic nitrogens is 1. The van der Waals surface area contributed by atoms with Crippen LogP contribution in [-0.4, -0.2) is 51.8 Å². The van der Waals surface area contributed by atoms with Crippen LogP contribution in [0.5, 0.6) is 5.75 Å². The first-order chi connectivity index (χ1) is 14.5. The Bertz CT molecular complexity index is 1050. The maximum Gasteiger partial charge on any atom is 0.255 e. The molecule has 2 N–H and O–H groups in total. The molecule has 1 amide bonds. The number of amides is 1. The second-order valence-electron chi connectivity index (χ2n) is 8.35. The zero-order valence-corrected chi connectivity index (χ0v) is 17.0. The zero-order valence-electron chi connectivity index (χ0n) is 17.0. The van der Waals surface area contributed by atoms with Gasteiger partial charge in [-0.05, 0) is 38.0 Å². The van der Waals surface area contributed by atoms with Gasteiger partial charge in [0, 0.05) is 48.1 Å². The molecule has 2 aromatic rings. The number of aliphatic imine (C=N–C) groups is 1.